The number of hydrogen-bond donors (Lipinski definition) is 2. The first kappa shape index (κ1) is 19.3. The second kappa shape index (κ2) is 9.49. The highest BCUT2D eigenvalue weighted by molar-refractivity contribution is 8.00. The molecule has 2 rings (SSSR count). The minimum Gasteiger partial charge on any atom is -0.326 e. The third kappa shape index (κ3) is 6.80. The fourth-order valence-electron chi connectivity index (χ4n) is 2.12. The van der Waals surface area contributed by atoms with Gasteiger partial charge in [-0.25, -0.2) is 0 Å². The van der Waals surface area contributed by atoms with E-state index in [2.05, 4.69) is 10.6 Å². The molecule has 0 saturated carbocycles. The molecule has 2 aromatic rings. The van der Waals surface area contributed by atoms with Gasteiger partial charge in [-0.2, -0.15) is 0 Å². The van der Waals surface area contributed by atoms with E-state index < -0.39 is 0 Å². The zero-order valence-electron chi connectivity index (χ0n) is 14.2. The van der Waals surface area contributed by atoms with Crippen LogP contribution in [-0.4, -0.2) is 17.6 Å². The molecule has 2 amide bonds. The van der Waals surface area contributed by atoms with Crippen molar-refractivity contribution in [3.05, 3.63) is 53.6 Å². The van der Waals surface area contributed by atoms with Gasteiger partial charge in [-0.1, -0.05) is 37.6 Å². The Balaban J connectivity index is 1.83. The summed E-state index contributed by atoms with van der Waals surface area (Å²) in [6, 6.07) is 14.5. The Hall–Kier alpha value is -1.98. The molecule has 0 heterocycles. The number of carbonyl (C=O) groups is 2. The van der Waals surface area contributed by atoms with E-state index in [1.807, 2.05) is 32.0 Å². The summed E-state index contributed by atoms with van der Waals surface area (Å²) in [5.41, 5.74) is 1.40. The average Bonchev–Trinajstić information content (AvgIpc) is 2.55. The topological polar surface area (TPSA) is 58.2 Å². The maximum Gasteiger partial charge on any atom is 0.234 e. The molecule has 0 aliphatic rings. The largest absolute Gasteiger partial charge is 0.326 e. The maximum atomic E-state index is 12.0. The normalized spacial score (nSPS) is 10.6. The molecule has 0 unspecified atom stereocenters. The summed E-state index contributed by atoms with van der Waals surface area (Å²) in [5, 5.41) is 6.31. The lowest BCUT2D eigenvalue weighted by atomic mass is 10.1. The van der Waals surface area contributed by atoms with E-state index in [4.69, 9.17) is 11.6 Å². The van der Waals surface area contributed by atoms with Crippen molar-refractivity contribution < 1.29 is 9.59 Å². The molecule has 0 radical (unpaired) electrons. The van der Waals surface area contributed by atoms with Crippen molar-refractivity contribution in [2.24, 2.45) is 5.92 Å². The summed E-state index contributed by atoms with van der Waals surface area (Å²) in [4.78, 5) is 24.7. The zero-order valence-corrected chi connectivity index (χ0v) is 15.8. The van der Waals surface area contributed by atoms with Gasteiger partial charge in [-0.05, 0) is 42.3 Å². The lowest BCUT2D eigenvalue weighted by Gasteiger charge is -2.09. The van der Waals surface area contributed by atoms with Crippen LogP contribution < -0.4 is 10.6 Å². The van der Waals surface area contributed by atoms with Crippen LogP contribution in [0.1, 0.15) is 20.3 Å². The molecular weight excluding hydrogens is 356 g/mol. The SMILES string of the molecule is CC(C)CC(=O)Nc1ccc(NC(=O)CSc2ccccc2Cl)cc1. The number of nitrogens with one attached hydrogen (secondary N) is 2. The molecule has 2 aromatic carbocycles. The molecule has 0 saturated heterocycles. The fraction of sp³-hybridized carbons (Fsp3) is 0.263. The van der Waals surface area contributed by atoms with Gasteiger partial charge in [0.2, 0.25) is 11.8 Å². The predicted octanol–water partition coefficient (Wildman–Crippen LogP) is 5.06. The van der Waals surface area contributed by atoms with Crippen LogP contribution in [0.25, 0.3) is 0 Å². The smallest absolute Gasteiger partial charge is 0.234 e. The number of benzene rings is 2. The molecule has 0 aromatic heterocycles. The highest BCUT2D eigenvalue weighted by Crippen LogP contribution is 2.26. The Kier molecular flexibility index (Phi) is 7.34. The van der Waals surface area contributed by atoms with Gasteiger partial charge in [0.15, 0.2) is 0 Å². The Bertz CT molecular complexity index is 732. The number of hydrogen-bond acceptors (Lipinski definition) is 3. The Morgan fingerprint density at radius 2 is 1.52 bits per heavy atom. The standard InChI is InChI=1S/C19H21ClN2O2S/c1-13(2)11-18(23)21-14-7-9-15(10-8-14)22-19(24)12-25-17-6-4-3-5-16(17)20/h3-10,13H,11-12H2,1-2H3,(H,21,23)(H,22,24). The first-order valence-electron chi connectivity index (χ1n) is 8.01. The molecule has 2 N–H and O–H groups in total. The first-order valence-corrected chi connectivity index (χ1v) is 9.37. The van der Waals surface area contributed by atoms with Gasteiger partial charge in [-0.3, -0.25) is 9.59 Å². The summed E-state index contributed by atoms with van der Waals surface area (Å²) < 4.78 is 0. The molecule has 6 heteroatoms. The van der Waals surface area contributed by atoms with Crippen molar-refractivity contribution >= 4 is 46.6 Å². The van der Waals surface area contributed by atoms with Crippen LogP contribution in [0.15, 0.2) is 53.4 Å². The van der Waals surface area contributed by atoms with Crippen LogP contribution in [0.4, 0.5) is 11.4 Å². The summed E-state index contributed by atoms with van der Waals surface area (Å²) in [6.07, 6.45) is 0.484. The molecule has 0 bridgehead atoms. The van der Waals surface area contributed by atoms with E-state index in [0.29, 0.717) is 28.7 Å². The highest BCUT2D eigenvalue weighted by Gasteiger charge is 2.07. The minimum absolute atomic E-state index is 0.0112. The number of carbonyl (C=O) groups excluding carboxylic acids is 2. The van der Waals surface area contributed by atoms with Crippen LogP contribution in [0.3, 0.4) is 0 Å². The lowest BCUT2D eigenvalue weighted by molar-refractivity contribution is -0.117. The van der Waals surface area contributed by atoms with Crippen molar-refractivity contribution in [2.45, 2.75) is 25.2 Å². The molecule has 0 aliphatic carbocycles. The highest BCUT2D eigenvalue weighted by atomic mass is 35.5. The van der Waals surface area contributed by atoms with Crippen LogP contribution in [-0.2, 0) is 9.59 Å². The molecule has 0 aliphatic heterocycles. The van der Waals surface area contributed by atoms with Crippen LogP contribution in [0.5, 0.6) is 0 Å². The number of amides is 2. The summed E-state index contributed by atoms with van der Waals surface area (Å²) in [6.45, 7) is 4.00. The number of rotatable bonds is 7. The molecule has 4 nitrogen and oxygen atoms in total. The molecule has 25 heavy (non-hydrogen) atoms. The van der Waals surface area contributed by atoms with Gasteiger partial charge >= 0.3 is 0 Å². The second-order valence-corrected chi connectivity index (χ2v) is 7.42. The Morgan fingerprint density at radius 1 is 0.960 bits per heavy atom. The average molecular weight is 377 g/mol. The van der Waals surface area contributed by atoms with Crippen molar-refractivity contribution in [3.8, 4) is 0 Å². The molecule has 0 spiro atoms. The van der Waals surface area contributed by atoms with Crippen LogP contribution >= 0.6 is 23.4 Å². The van der Waals surface area contributed by atoms with E-state index in [1.165, 1.54) is 11.8 Å². The molecular formula is C19H21ClN2O2S. The third-order valence-corrected chi connectivity index (χ3v) is 4.76. The lowest BCUT2D eigenvalue weighted by Crippen LogP contribution is -2.15. The number of halogens is 1. The van der Waals surface area contributed by atoms with Crippen LogP contribution in [0.2, 0.25) is 5.02 Å². The Labute approximate surface area is 157 Å². The third-order valence-electron chi connectivity index (χ3n) is 3.24. The number of anilines is 2. The van der Waals surface area contributed by atoms with E-state index in [9.17, 15) is 9.59 Å². The summed E-state index contributed by atoms with van der Waals surface area (Å²) >= 11 is 7.46. The maximum absolute atomic E-state index is 12.0. The van der Waals surface area contributed by atoms with Gasteiger partial charge < -0.3 is 10.6 Å². The van der Waals surface area contributed by atoms with Crippen LogP contribution in [0, 0.1) is 5.92 Å². The second-order valence-electron chi connectivity index (χ2n) is 5.99. The van der Waals surface area contributed by atoms with Crippen molar-refractivity contribution in [1.29, 1.82) is 0 Å². The zero-order chi connectivity index (χ0) is 18.2. The van der Waals surface area contributed by atoms with Gasteiger partial charge in [-0.15, -0.1) is 11.8 Å². The summed E-state index contributed by atoms with van der Waals surface area (Å²) in [7, 11) is 0. The quantitative estimate of drug-likeness (QED) is 0.664. The van der Waals surface area contributed by atoms with Gasteiger partial charge in [0, 0.05) is 22.7 Å². The first-order chi connectivity index (χ1) is 11.9. The minimum atomic E-state index is -0.110. The fourth-order valence-corrected chi connectivity index (χ4v) is 3.16. The van der Waals surface area contributed by atoms with E-state index in [1.54, 1.807) is 30.3 Å². The van der Waals surface area contributed by atoms with Gasteiger partial charge in [0.1, 0.15) is 0 Å². The molecule has 132 valence electrons. The van der Waals surface area contributed by atoms with Crippen molar-refractivity contribution in [1.82, 2.24) is 0 Å². The van der Waals surface area contributed by atoms with E-state index in [-0.39, 0.29) is 17.6 Å². The molecule has 0 fully saturated rings. The van der Waals surface area contributed by atoms with Gasteiger partial charge in [0.25, 0.3) is 0 Å². The van der Waals surface area contributed by atoms with Crippen molar-refractivity contribution in [2.75, 3.05) is 16.4 Å². The number of thioether (sulfide) groups is 1. The van der Waals surface area contributed by atoms with Gasteiger partial charge in [0.05, 0.1) is 10.8 Å². The van der Waals surface area contributed by atoms with E-state index in [0.717, 1.165) is 4.90 Å². The Morgan fingerprint density at radius 3 is 2.08 bits per heavy atom. The summed E-state index contributed by atoms with van der Waals surface area (Å²) in [5.74, 6) is 0.468. The molecule has 0 atom stereocenters. The van der Waals surface area contributed by atoms with Crippen molar-refractivity contribution in [3.63, 3.8) is 0 Å². The monoisotopic (exact) mass is 376 g/mol. The predicted molar refractivity (Wildman–Crippen MR) is 105 cm³/mol. The van der Waals surface area contributed by atoms with E-state index >= 15 is 0 Å².